The molecule has 4 heteroatoms. The molecule has 1 aromatic rings. The molecule has 1 aromatic carbocycles. The average Bonchev–Trinajstić information content (AvgIpc) is 3.08. The largest absolute Gasteiger partial charge is 0.493 e. The molecule has 0 bridgehead atoms. The molecule has 0 spiro atoms. The predicted molar refractivity (Wildman–Crippen MR) is 71.9 cm³/mol. The van der Waals surface area contributed by atoms with Gasteiger partial charge in [0.15, 0.2) is 5.78 Å². The molecule has 104 valence electrons. The van der Waals surface area contributed by atoms with Crippen LogP contribution in [0.5, 0.6) is 11.5 Å². The highest BCUT2D eigenvalue weighted by atomic mass is 16.5. The monoisotopic (exact) mass is 264 g/mol. The summed E-state index contributed by atoms with van der Waals surface area (Å²) in [6.45, 7) is 6.22. The first kappa shape index (κ1) is 13.9. The number of hydrogen-bond donors (Lipinski definition) is 1. The predicted octanol–water partition coefficient (Wildman–Crippen LogP) is 2.67. The first-order chi connectivity index (χ1) is 9.01. The van der Waals surface area contributed by atoms with Gasteiger partial charge in [0.1, 0.15) is 11.5 Å². The Morgan fingerprint density at radius 1 is 1.21 bits per heavy atom. The molecule has 0 heterocycles. The van der Waals surface area contributed by atoms with Gasteiger partial charge in [-0.15, -0.1) is 0 Å². The molecule has 1 aliphatic rings. The number of ketones is 1. The lowest BCUT2D eigenvalue weighted by atomic mass is 10.0. The van der Waals surface area contributed by atoms with E-state index in [-0.39, 0.29) is 5.78 Å². The second-order valence-corrected chi connectivity index (χ2v) is 4.80. The fraction of sp³-hybridized carbons (Fsp3) is 0.533. The van der Waals surface area contributed by atoms with Gasteiger partial charge >= 0.3 is 0 Å². The highest BCUT2D eigenvalue weighted by Gasteiger charge is 2.47. The van der Waals surface area contributed by atoms with E-state index in [2.05, 4.69) is 0 Å². The van der Waals surface area contributed by atoms with Gasteiger partial charge in [0.2, 0.25) is 0 Å². The van der Waals surface area contributed by atoms with Gasteiger partial charge < -0.3 is 14.6 Å². The molecule has 0 unspecified atom stereocenters. The van der Waals surface area contributed by atoms with Crippen molar-refractivity contribution in [2.45, 2.75) is 39.2 Å². The summed E-state index contributed by atoms with van der Waals surface area (Å²) in [6.07, 6.45) is 1.40. The van der Waals surface area contributed by atoms with Crippen LogP contribution in [0.1, 0.15) is 49.5 Å². The van der Waals surface area contributed by atoms with E-state index < -0.39 is 5.60 Å². The molecule has 0 saturated heterocycles. The molecule has 0 amide bonds. The van der Waals surface area contributed by atoms with Crippen LogP contribution < -0.4 is 9.47 Å². The van der Waals surface area contributed by atoms with E-state index >= 15 is 0 Å². The number of carbonyl (C=O) groups excluding carboxylic acids is 1. The van der Waals surface area contributed by atoms with Gasteiger partial charge in [-0.1, -0.05) is 0 Å². The van der Waals surface area contributed by atoms with Gasteiger partial charge in [-0.25, -0.2) is 0 Å². The molecule has 4 nitrogen and oxygen atoms in total. The summed E-state index contributed by atoms with van der Waals surface area (Å²) in [5.74, 6) is 1.06. The Morgan fingerprint density at radius 2 is 1.68 bits per heavy atom. The third-order valence-electron chi connectivity index (χ3n) is 3.26. The standard InChI is InChI=1S/C15H20O4/c1-4-18-12-8-11(10(3)16)9-13(19-5-2)14(12)15(17)6-7-15/h8-9,17H,4-7H2,1-3H3. The fourth-order valence-corrected chi connectivity index (χ4v) is 2.16. The quantitative estimate of drug-likeness (QED) is 0.803. The topological polar surface area (TPSA) is 55.8 Å². The first-order valence-electron chi connectivity index (χ1n) is 6.69. The minimum Gasteiger partial charge on any atom is -0.493 e. The molecule has 0 atom stereocenters. The Bertz CT molecular complexity index is 462. The van der Waals surface area contributed by atoms with Crippen LogP contribution in [0.25, 0.3) is 0 Å². The maximum atomic E-state index is 11.6. The van der Waals surface area contributed by atoms with E-state index in [9.17, 15) is 9.90 Å². The van der Waals surface area contributed by atoms with Crippen molar-refractivity contribution < 1.29 is 19.4 Å². The Balaban J connectivity index is 2.56. The number of Topliss-reactive ketones (excluding diaryl/α,β-unsaturated/α-hetero) is 1. The van der Waals surface area contributed by atoms with Crippen molar-refractivity contribution in [2.24, 2.45) is 0 Å². The second-order valence-electron chi connectivity index (χ2n) is 4.80. The Hall–Kier alpha value is -1.55. The zero-order chi connectivity index (χ0) is 14.0. The Labute approximate surface area is 113 Å². The van der Waals surface area contributed by atoms with Crippen LogP contribution >= 0.6 is 0 Å². The molecule has 1 N–H and O–H groups in total. The molecule has 1 fully saturated rings. The van der Waals surface area contributed by atoms with E-state index in [0.29, 0.717) is 48.7 Å². The van der Waals surface area contributed by atoms with Crippen molar-refractivity contribution >= 4 is 5.78 Å². The van der Waals surface area contributed by atoms with E-state index in [0.717, 1.165) is 0 Å². The minimum absolute atomic E-state index is 0.0451. The number of hydrogen-bond acceptors (Lipinski definition) is 4. The van der Waals surface area contributed by atoms with Gasteiger partial charge in [-0.3, -0.25) is 4.79 Å². The lowest BCUT2D eigenvalue weighted by Gasteiger charge is -2.20. The van der Waals surface area contributed by atoms with Crippen LogP contribution in [0, 0.1) is 0 Å². The van der Waals surface area contributed by atoms with Crippen LogP contribution in [0.15, 0.2) is 12.1 Å². The average molecular weight is 264 g/mol. The molecule has 1 aliphatic carbocycles. The van der Waals surface area contributed by atoms with Crippen LogP contribution in [-0.2, 0) is 5.60 Å². The zero-order valence-corrected chi connectivity index (χ0v) is 11.7. The lowest BCUT2D eigenvalue weighted by molar-refractivity contribution is 0.101. The van der Waals surface area contributed by atoms with Crippen LogP contribution in [0.2, 0.25) is 0 Å². The van der Waals surface area contributed by atoms with Gasteiger partial charge in [0, 0.05) is 5.56 Å². The third-order valence-corrected chi connectivity index (χ3v) is 3.26. The van der Waals surface area contributed by atoms with Crippen molar-refractivity contribution in [1.82, 2.24) is 0 Å². The van der Waals surface area contributed by atoms with Crippen LogP contribution in [0.3, 0.4) is 0 Å². The van der Waals surface area contributed by atoms with E-state index in [4.69, 9.17) is 9.47 Å². The van der Waals surface area contributed by atoms with Gasteiger partial charge in [-0.05, 0) is 45.7 Å². The van der Waals surface area contributed by atoms with E-state index in [1.165, 1.54) is 6.92 Å². The van der Waals surface area contributed by atoms with Crippen molar-refractivity contribution in [3.8, 4) is 11.5 Å². The summed E-state index contributed by atoms with van der Waals surface area (Å²) in [7, 11) is 0. The van der Waals surface area contributed by atoms with Crippen molar-refractivity contribution in [2.75, 3.05) is 13.2 Å². The number of benzene rings is 1. The molecule has 1 saturated carbocycles. The second kappa shape index (κ2) is 5.21. The SMILES string of the molecule is CCOc1cc(C(C)=O)cc(OCC)c1C1(O)CC1. The molecular formula is C15H20O4. The molecule has 0 aromatic heterocycles. The highest BCUT2D eigenvalue weighted by molar-refractivity contribution is 5.95. The van der Waals surface area contributed by atoms with Gasteiger partial charge in [-0.2, -0.15) is 0 Å². The molecule has 0 radical (unpaired) electrons. The van der Waals surface area contributed by atoms with Crippen molar-refractivity contribution in [3.05, 3.63) is 23.3 Å². The summed E-state index contributed by atoms with van der Waals surface area (Å²) in [6, 6.07) is 3.39. The Kier molecular flexibility index (Phi) is 3.80. The maximum Gasteiger partial charge on any atom is 0.160 e. The molecule has 0 aliphatic heterocycles. The lowest BCUT2D eigenvalue weighted by Crippen LogP contribution is -2.12. The fourth-order valence-electron chi connectivity index (χ4n) is 2.16. The smallest absolute Gasteiger partial charge is 0.160 e. The number of ether oxygens (including phenoxy) is 2. The summed E-state index contributed by atoms with van der Waals surface area (Å²) in [5.41, 5.74) is 0.366. The zero-order valence-electron chi connectivity index (χ0n) is 11.7. The number of aliphatic hydroxyl groups is 1. The summed E-state index contributed by atoms with van der Waals surface area (Å²) >= 11 is 0. The van der Waals surface area contributed by atoms with E-state index in [1.54, 1.807) is 12.1 Å². The van der Waals surface area contributed by atoms with Crippen molar-refractivity contribution in [1.29, 1.82) is 0 Å². The highest BCUT2D eigenvalue weighted by Crippen LogP contribution is 2.53. The van der Waals surface area contributed by atoms with Crippen LogP contribution in [0.4, 0.5) is 0 Å². The summed E-state index contributed by atoms with van der Waals surface area (Å²) < 4.78 is 11.2. The van der Waals surface area contributed by atoms with E-state index in [1.807, 2.05) is 13.8 Å². The van der Waals surface area contributed by atoms with Gasteiger partial charge in [0.05, 0.1) is 24.4 Å². The van der Waals surface area contributed by atoms with Crippen LogP contribution in [-0.4, -0.2) is 24.1 Å². The normalized spacial score (nSPS) is 16.0. The third kappa shape index (κ3) is 2.73. The van der Waals surface area contributed by atoms with Crippen molar-refractivity contribution in [3.63, 3.8) is 0 Å². The first-order valence-corrected chi connectivity index (χ1v) is 6.69. The molecular weight excluding hydrogens is 244 g/mol. The molecule has 19 heavy (non-hydrogen) atoms. The summed E-state index contributed by atoms with van der Waals surface area (Å²) in [4.78, 5) is 11.6. The summed E-state index contributed by atoms with van der Waals surface area (Å²) in [5, 5.41) is 10.4. The number of rotatable bonds is 6. The number of carbonyl (C=O) groups is 1. The molecule has 2 rings (SSSR count). The van der Waals surface area contributed by atoms with Gasteiger partial charge in [0.25, 0.3) is 0 Å². The maximum absolute atomic E-state index is 11.6. The minimum atomic E-state index is -0.857. The Morgan fingerprint density at radius 3 is 2.00 bits per heavy atom.